The molecule has 0 saturated carbocycles. The molecule has 0 aliphatic heterocycles. The molecule has 0 aromatic heterocycles. The van der Waals surface area contributed by atoms with Crippen molar-refractivity contribution in [1.82, 2.24) is 0 Å². The van der Waals surface area contributed by atoms with Crippen molar-refractivity contribution in [3.05, 3.63) is 29.8 Å². The predicted octanol–water partition coefficient (Wildman–Crippen LogP) is 3.02. The second-order valence-corrected chi connectivity index (χ2v) is 4.02. The lowest BCUT2D eigenvalue weighted by atomic mass is 9.92. The van der Waals surface area contributed by atoms with Gasteiger partial charge in [0, 0.05) is 5.69 Å². The van der Waals surface area contributed by atoms with Gasteiger partial charge < -0.3 is 10.8 Å². The summed E-state index contributed by atoms with van der Waals surface area (Å²) >= 11 is 0. The van der Waals surface area contributed by atoms with E-state index < -0.39 is 11.9 Å². The van der Waals surface area contributed by atoms with Crippen LogP contribution in [0.25, 0.3) is 0 Å². The highest BCUT2D eigenvalue weighted by atomic mass is 16.4. The monoisotopic (exact) mass is 221 g/mol. The Balaban J connectivity index is 2.78. The van der Waals surface area contributed by atoms with Gasteiger partial charge in [-0.3, -0.25) is 4.79 Å². The van der Waals surface area contributed by atoms with Crippen LogP contribution >= 0.6 is 0 Å². The van der Waals surface area contributed by atoms with Gasteiger partial charge in [0.25, 0.3) is 0 Å². The van der Waals surface area contributed by atoms with Crippen molar-refractivity contribution >= 4 is 11.7 Å². The average molecular weight is 221 g/mol. The van der Waals surface area contributed by atoms with Crippen LogP contribution in [0.5, 0.6) is 0 Å². The number of nitrogen functional groups attached to an aromatic ring is 1. The molecule has 0 saturated heterocycles. The molecular formula is C13H19NO2. The SMILES string of the molecule is CCCCCC(C(=O)O)c1ccccc1N. The lowest BCUT2D eigenvalue weighted by Gasteiger charge is -2.14. The highest BCUT2D eigenvalue weighted by Gasteiger charge is 2.20. The highest BCUT2D eigenvalue weighted by molar-refractivity contribution is 5.78. The minimum absolute atomic E-state index is 0.465. The van der Waals surface area contributed by atoms with Crippen LogP contribution in [0.1, 0.15) is 44.1 Å². The van der Waals surface area contributed by atoms with E-state index >= 15 is 0 Å². The molecule has 16 heavy (non-hydrogen) atoms. The van der Waals surface area contributed by atoms with Crippen LogP contribution in [0, 0.1) is 0 Å². The van der Waals surface area contributed by atoms with Crippen molar-refractivity contribution < 1.29 is 9.90 Å². The van der Waals surface area contributed by atoms with Gasteiger partial charge in [0.2, 0.25) is 0 Å². The number of rotatable bonds is 6. The van der Waals surface area contributed by atoms with E-state index in [1.54, 1.807) is 12.1 Å². The minimum atomic E-state index is -0.783. The summed E-state index contributed by atoms with van der Waals surface area (Å²) in [5.41, 5.74) is 7.12. The first-order valence-electron chi connectivity index (χ1n) is 5.74. The Bertz CT molecular complexity index is 350. The fourth-order valence-corrected chi connectivity index (χ4v) is 1.84. The Morgan fingerprint density at radius 3 is 2.62 bits per heavy atom. The van der Waals surface area contributed by atoms with E-state index in [-0.39, 0.29) is 0 Å². The number of hydrogen-bond donors (Lipinski definition) is 2. The first-order chi connectivity index (χ1) is 7.66. The lowest BCUT2D eigenvalue weighted by molar-refractivity contribution is -0.139. The molecule has 1 aromatic carbocycles. The van der Waals surface area contributed by atoms with Crippen molar-refractivity contribution in [2.45, 2.75) is 38.5 Å². The maximum atomic E-state index is 11.2. The van der Waals surface area contributed by atoms with Crippen LogP contribution in [-0.2, 0) is 4.79 Å². The molecular weight excluding hydrogens is 202 g/mol. The first-order valence-corrected chi connectivity index (χ1v) is 5.74. The molecule has 0 spiro atoms. The van der Waals surface area contributed by atoms with Gasteiger partial charge in [0.1, 0.15) is 0 Å². The molecule has 0 heterocycles. The predicted molar refractivity (Wildman–Crippen MR) is 65.4 cm³/mol. The third kappa shape index (κ3) is 3.26. The van der Waals surface area contributed by atoms with Crippen molar-refractivity contribution in [3.63, 3.8) is 0 Å². The number of carboxylic acids is 1. The molecule has 1 aromatic rings. The normalized spacial score (nSPS) is 12.3. The van der Waals surface area contributed by atoms with Crippen LogP contribution < -0.4 is 5.73 Å². The van der Waals surface area contributed by atoms with E-state index in [9.17, 15) is 9.90 Å². The van der Waals surface area contributed by atoms with Gasteiger partial charge in [0.05, 0.1) is 5.92 Å². The van der Waals surface area contributed by atoms with E-state index in [0.29, 0.717) is 12.1 Å². The molecule has 0 bridgehead atoms. The molecule has 0 radical (unpaired) electrons. The number of benzene rings is 1. The molecule has 88 valence electrons. The van der Waals surface area contributed by atoms with Crippen LogP contribution in [0.3, 0.4) is 0 Å². The van der Waals surface area contributed by atoms with Crippen LogP contribution in [0.2, 0.25) is 0 Å². The molecule has 1 unspecified atom stereocenters. The molecule has 0 aliphatic rings. The molecule has 3 heteroatoms. The number of carbonyl (C=O) groups is 1. The molecule has 0 fully saturated rings. The zero-order chi connectivity index (χ0) is 12.0. The quantitative estimate of drug-likeness (QED) is 0.573. The fraction of sp³-hybridized carbons (Fsp3) is 0.462. The number of unbranched alkanes of at least 4 members (excludes halogenated alkanes) is 2. The topological polar surface area (TPSA) is 63.3 Å². The van der Waals surface area contributed by atoms with Gasteiger partial charge in [-0.1, -0.05) is 44.4 Å². The Morgan fingerprint density at radius 2 is 2.06 bits per heavy atom. The number of hydrogen-bond acceptors (Lipinski definition) is 2. The fourth-order valence-electron chi connectivity index (χ4n) is 1.84. The summed E-state index contributed by atoms with van der Waals surface area (Å²) < 4.78 is 0. The number of anilines is 1. The van der Waals surface area contributed by atoms with E-state index in [1.165, 1.54) is 0 Å². The number of carboxylic acid groups (broad SMARTS) is 1. The van der Waals surface area contributed by atoms with Crippen molar-refractivity contribution in [1.29, 1.82) is 0 Å². The van der Waals surface area contributed by atoms with Crippen molar-refractivity contribution in [2.75, 3.05) is 5.73 Å². The minimum Gasteiger partial charge on any atom is -0.481 e. The standard InChI is InChI=1S/C13H19NO2/c1-2-3-4-8-11(13(15)16)10-7-5-6-9-12(10)14/h5-7,9,11H,2-4,8,14H2,1H3,(H,15,16). The zero-order valence-electron chi connectivity index (χ0n) is 9.65. The maximum Gasteiger partial charge on any atom is 0.311 e. The van der Waals surface area contributed by atoms with Crippen molar-refractivity contribution in [3.8, 4) is 0 Å². The van der Waals surface area contributed by atoms with Gasteiger partial charge >= 0.3 is 5.97 Å². The third-order valence-corrected chi connectivity index (χ3v) is 2.77. The summed E-state index contributed by atoms with van der Waals surface area (Å²) in [7, 11) is 0. The zero-order valence-corrected chi connectivity index (χ0v) is 9.65. The molecule has 1 atom stereocenters. The van der Waals surface area contributed by atoms with E-state index in [0.717, 1.165) is 24.8 Å². The summed E-state index contributed by atoms with van der Waals surface area (Å²) in [6.45, 7) is 2.10. The Labute approximate surface area is 96.3 Å². The number of aliphatic carboxylic acids is 1. The second-order valence-electron chi connectivity index (χ2n) is 4.02. The first kappa shape index (κ1) is 12.6. The molecule has 0 amide bonds. The smallest absolute Gasteiger partial charge is 0.311 e. The largest absolute Gasteiger partial charge is 0.481 e. The van der Waals surface area contributed by atoms with Gasteiger partial charge in [-0.25, -0.2) is 0 Å². The summed E-state index contributed by atoms with van der Waals surface area (Å²) in [4.78, 5) is 11.2. The summed E-state index contributed by atoms with van der Waals surface area (Å²) in [6, 6.07) is 7.22. The van der Waals surface area contributed by atoms with Crippen LogP contribution in [-0.4, -0.2) is 11.1 Å². The summed E-state index contributed by atoms with van der Waals surface area (Å²) in [5, 5.41) is 9.19. The van der Waals surface area contributed by atoms with E-state index in [4.69, 9.17) is 5.73 Å². The lowest BCUT2D eigenvalue weighted by Crippen LogP contribution is -2.13. The summed E-state index contributed by atoms with van der Waals surface area (Å²) in [6.07, 6.45) is 3.76. The average Bonchev–Trinajstić information content (AvgIpc) is 2.25. The van der Waals surface area contributed by atoms with Gasteiger partial charge in [-0.2, -0.15) is 0 Å². The van der Waals surface area contributed by atoms with E-state index in [1.807, 2.05) is 12.1 Å². The third-order valence-electron chi connectivity index (χ3n) is 2.77. The van der Waals surface area contributed by atoms with Crippen molar-refractivity contribution in [2.24, 2.45) is 0 Å². The Hall–Kier alpha value is -1.51. The maximum absolute atomic E-state index is 11.2. The molecule has 3 nitrogen and oxygen atoms in total. The van der Waals surface area contributed by atoms with Crippen LogP contribution in [0.4, 0.5) is 5.69 Å². The van der Waals surface area contributed by atoms with Gasteiger partial charge in [-0.05, 0) is 18.1 Å². The second kappa shape index (κ2) is 6.16. The van der Waals surface area contributed by atoms with E-state index in [2.05, 4.69) is 6.92 Å². The molecule has 0 aliphatic carbocycles. The Morgan fingerprint density at radius 1 is 1.38 bits per heavy atom. The molecule has 3 N–H and O–H groups in total. The Kier molecular flexibility index (Phi) is 4.83. The number of para-hydroxylation sites is 1. The molecule has 1 rings (SSSR count). The van der Waals surface area contributed by atoms with Crippen LogP contribution in [0.15, 0.2) is 24.3 Å². The van der Waals surface area contributed by atoms with Gasteiger partial charge in [-0.15, -0.1) is 0 Å². The summed E-state index contributed by atoms with van der Waals surface area (Å²) in [5.74, 6) is -1.25. The number of nitrogens with two attached hydrogens (primary N) is 1. The highest BCUT2D eigenvalue weighted by Crippen LogP contribution is 2.27. The van der Waals surface area contributed by atoms with Gasteiger partial charge in [0.15, 0.2) is 0 Å².